The van der Waals surface area contributed by atoms with E-state index >= 15 is 0 Å². The van der Waals surface area contributed by atoms with Crippen LogP contribution in [-0.2, 0) is 9.53 Å². The maximum atomic E-state index is 12.5. The normalized spacial score (nSPS) is 30.1. The van der Waals surface area contributed by atoms with Crippen LogP contribution in [0, 0.1) is 0 Å². The zero-order valence-electron chi connectivity index (χ0n) is 11.5. The fourth-order valence-corrected chi connectivity index (χ4v) is 3.13. The smallest absolute Gasteiger partial charge is 0.252 e. The highest BCUT2D eigenvalue weighted by Crippen LogP contribution is 2.40. The van der Waals surface area contributed by atoms with Gasteiger partial charge in [-0.2, -0.15) is 4.98 Å². The first kappa shape index (κ1) is 12.3. The summed E-state index contributed by atoms with van der Waals surface area (Å²) >= 11 is 0. The molecule has 1 aromatic rings. The van der Waals surface area contributed by atoms with E-state index in [-0.39, 0.29) is 18.1 Å². The molecule has 1 aromatic heterocycles. The minimum Gasteiger partial charge on any atom is -0.368 e. The summed E-state index contributed by atoms with van der Waals surface area (Å²) in [6, 6.07) is -0.0494. The van der Waals surface area contributed by atoms with Crippen molar-refractivity contribution in [2.45, 2.75) is 56.6 Å². The summed E-state index contributed by atoms with van der Waals surface area (Å²) in [6.45, 7) is 1.46. The van der Waals surface area contributed by atoms with E-state index in [0.29, 0.717) is 18.4 Å². The van der Waals surface area contributed by atoms with E-state index in [1.54, 1.807) is 0 Å². The predicted molar refractivity (Wildman–Crippen MR) is 68.9 cm³/mol. The molecular weight excluding hydrogens is 258 g/mol. The van der Waals surface area contributed by atoms with Gasteiger partial charge in [0.15, 0.2) is 5.82 Å². The molecule has 20 heavy (non-hydrogen) atoms. The van der Waals surface area contributed by atoms with Gasteiger partial charge in [-0.1, -0.05) is 5.16 Å². The minimum absolute atomic E-state index is 0.0494. The Labute approximate surface area is 117 Å². The van der Waals surface area contributed by atoms with Crippen LogP contribution in [0.5, 0.6) is 0 Å². The second-order valence-electron chi connectivity index (χ2n) is 5.96. The van der Waals surface area contributed by atoms with Crippen molar-refractivity contribution < 1.29 is 14.1 Å². The van der Waals surface area contributed by atoms with Crippen molar-refractivity contribution in [3.8, 4) is 0 Å². The van der Waals surface area contributed by atoms with Crippen LogP contribution >= 0.6 is 0 Å². The number of likely N-dealkylation sites (tertiary alicyclic amines) is 1. The Bertz CT molecular complexity index is 506. The van der Waals surface area contributed by atoms with Gasteiger partial charge >= 0.3 is 0 Å². The number of hydrogen-bond donors (Lipinski definition) is 0. The summed E-state index contributed by atoms with van der Waals surface area (Å²) in [5.74, 6) is 2.00. The Morgan fingerprint density at radius 1 is 1.20 bits per heavy atom. The van der Waals surface area contributed by atoms with E-state index < -0.39 is 0 Å². The van der Waals surface area contributed by atoms with E-state index in [4.69, 9.17) is 9.26 Å². The molecule has 0 bridgehead atoms. The molecule has 6 nitrogen and oxygen atoms in total. The molecule has 0 radical (unpaired) electrons. The lowest BCUT2D eigenvalue weighted by atomic mass is 10.2. The van der Waals surface area contributed by atoms with Crippen molar-refractivity contribution >= 4 is 5.91 Å². The van der Waals surface area contributed by atoms with Crippen LogP contribution in [0.4, 0.5) is 0 Å². The van der Waals surface area contributed by atoms with Crippen LogP contribution in [0.15, 0.2) is 4.52 Å². The summed E-state index contributed by atoms with van der Waals surface area (Å²) in [5.41, 5.74) is 0. The third-order valence-corrected chi connectivity index (χ3v) is 4.43. The molecule has 0 unspecified atom stereocenters. The monoisotopic (exact) mass is 277 g/mol. The van der Waals surface area contributed by atoms with Gasteiger partial charge in [0.05, 0.1) is 0 Å². The Balaban J connectivity index is 1.51. The van der Waals surface area contributed by atoms with Crippen LogP contribution < -0.4 is 0 Å². The van der Waals surface area contributed by atoms with Crippen LogP contribution in [0.2, 0.25) is 0 Å². The average Bonchev–Trinajstić information content (AvgIpc) is 2.97. The van der Waals surface area contributed by atoms with Crippen molar-refractivity contribution in [3.05, 3.63) is 11.7 Å². The second-order valence-corrected chi connectivity index (χ2v) is 5.96. The topological polar surface area (TPSA) is 68.5 Å². The molecule has 1 aliphatic carbocycles. The number of rotatable bonds is 3. The molecule has 0 N–H and O–H groups in total. The van der Waals surface area contributed by atoms with Gasteiger partial charge in [0, 0.05) is 19.1 Å². The number of ether oxygens (including phenoxy) is 1. The fourth-order valence-electron chi connectivity index (χ4n) is 3.13. The van der Waals surface area contributed by atoms with Gasteiger partial charge in [-0.05, 0) is 38.5 Å². The summed E-state index contributed by atoms with van der Waals surface area (Å²) < 4.78 is 10.9. The lowest BCUT2D eigenvalue weighted by molar-refractivity contribution is -0.142. The van der Waals surface area contributed by atoms with E-state index in [1.165, 1.54) is 0 Å². The molecule has 6 heteroatoms. The maximum absolute atomic E-state index is 12.5. The Morgan fingerprint density at radius 3 is 2.85 bits per heavy atom. The Hall–Kier alpha value is -1.43. The first-order valence-corrected chi connectivity index (χ1v) is 7.58. The molecule has 3 fully saturated rings. The fraction of sp³-hybridized carbons (Fsp3) is 0.786. The highest BCUT2D eigenvalue weighted by molar-refractivity contribution is 5.81. The molecule has 3 heterocycles. The van der Waals surface area contributed by atoms with Gasteiger partial charge in [-0.15, -0.1) is 0 Å². The van der Waals surface area contributed by atoms with Crippen molar-refractivity contribution in [1.29, 1.82) is 0 Å². The number of carbonyl (C=O) groups excluding carboxylic acids is 1. The summed E-state index contributed by atoms with van der Waals surface area (Å²) in [5, 5.41) is 4.06. The molecule has 2 saturated heterocycles. The van der Waals surface area contributed by atoms with E-state index in [9.17, 15) is 4.79 Å². The van der Waals surface area contributed by atoms with Gasteiger partial charge in [-0.25, -0.2) is 0 Å². The summed E-state index contributed by atoms with van der Waals surface area (Å²) in [4.78, 5) is 18.9. The number of aromatic nitrogens is 2. The van der Waals surface area contributed by atoms with E-state index in [1.807, 2.05) is 4.90 Å². The van der Waals surface area contributed by atoms with Crippen molar-refractivity contribution in [3.63, 3.8) is 0 Å². The van der Waals surface area contributed by atoms with Crippen molar-refractivity contribution in [1.82, 2.24) is 15.0 Å². The van der Waals surface area contributed by atoms with Crippen LogP contribution in [0.25, 0.3) is 0 Å². The average molecular weight is 277 g/mol. The Kier molecular flexibility index (Phi) is 2.98. The number of amides is 1. The maximum Gasteiger partial charge on any atom is 0.252 e. The van der Waals surface area contributed by atoms with Gasteiger partial charge in [-0.3, -0.25) is 4.79 Å². The molecule has 0 spiro atoms. The first-order valence-electron chi connectivity index (χ1n) is 7.58. The lowest BCUT2D eigenvalue weighted by Crippen LogP contribution is -2.38. The van der Waals surface area contributed by atoms with Crippen LogP contribution in [0.1, 0.15) is 62.2 Å². The molecule has 1 saturated carbocycles. The number of carbonyl (C=O) groups is 1. The molecular formula is C14H19N3O3. The van der Waals surface area contributed by atoms with Crippen LogP contribution in [-0.4, -0.2) is 40.2 Å². The molecule has 0 aromatic carbocycles. The largest absolute Gasteiger partial charge is 0.368 e. The van der Waals surface area contributed by atoms with Gasteiger partial charge < -0.3 is 14.2 Å². The standard InChI is InChI=1S/C14H19N3O3/c18-14(11-4-2-8-19-11)17-7-1-3-10(17)13-15-12(16-20-13)9-5-6-9/h9-11H,1-8H2/t10-,11+/m0/s1. The predicted octanol–water partition coefficient (Wildman–Crippen LogP) is 1.79. The third kappa shape index (κ3) is 2.12. The van der Waals surface area contributed by atoms with Crippen LogP contribution in [0.3, 0.4) is 0 Å². The quantitative estimate of drug-likeness (QED) is 0.842. The zero-order chi connectivity index (χ0) is 13.5. The molecule has 2 atom stereocenters. The summed E-state index contributed by atoms with van der Waals surface area (Å²) in [6.07, 6.45) is 5.75. The van der Waals surface area contributed by atoms with Gasteiger partial charge in [0.25, 0.3) is 5.91 Å². The third-order valence-electron chi connectivity index (χ3n) is 4.43. The molecule has 108 valence electrons. The van der Waals surface area contributed by atoms with Crippen molar-refractivity contribution in [2.75, 3.05) is 13.2 Å². The van der Waals surface area contributed by atoms with E-state index in [2.05, 4.69) is 10.1 Å². The zero-order valence-corrected chi connectivity index (χ0v) is 11.5. The molecule has 2 aliphatic heterocycles. The molecule has 4 rings (SSSR count). The van der Waals surface area contributed by atoms with Gasteiger partial charge in [0.2, 0.25) is 5.89 Å². The summed E-state index contributed by atoms with van der Waals surface area (Å²) in [7, 11) is 0. The SMILES string of the molecule is O=C([C@H]1CCCO1)N1CCC[C@H]1c1nc(C2CC2)no1. The van der Waals surface area contributed by atoms with E-state index in [0.717, 1.165) is 50.9 Å². The Morgan fingerprint density at radius 2 is 2.10 bits per heavy atom. The number of hydrogen-bond acceptors (Lipinski definition) is 5. The lowest BCUT2D eigenvalue weighted by Gasteiger charge is -2.24. The number of nitrogens with zero attached hydrogens (tertiary/aromatic N) is 3. The van der Waals surface area contributed by atoms with Crippen molar-refractivity contribution in [2.24, 2.45) is 0 Å². The first-order chi connectivity index (χ1) is 9.83. The minimum atomic E-state index is -0.263. The second kappa shape index (κ2) is 4.84. The highest BCUT2D eigenvalue weighted by Gasteiger charge is 2.39. The highest BCUT2D eigenvalue weighted by atomic mass is 16.5. The molecule has 3 aliphatic rings. The van der Waals surface area contributed by atoms with Gasteiger partial charge in [0.1, 0.15) is 12.1 Å². The molecule has 1 amide bonds.